The number of carbonyl (C=O) groups excluding carboxylic acids is 3. The van der Waals surface area contributed by atoms with E-state index in [1.165, 1.54) is 36.2 Å². The van der Waals surface area contributed by atoms with Crippen LogP contribution in [0.25, 0.3) is 0 Å². The predicted octanol–water partition coefficient (Wildman–Crippen LogP) is 2.50. The maximum absolute atomic E-state index is 12.9. The number of likely N-dealkylation sites (N-methyl/N-ethyl adjacent to an activating group) is 1. The molecule has 0 bridgehead atoms. The van der Waals surface area contributed by atoms with Crippen LogP contribution in [0.1, 0.15) is 18.4 Å². The van der Waals surface area contributed by atoms with Crippen molar-refractivity contribution in [3.05, 3.63) is 66.0 Å². The van der Waals surface area contributed by atoms with Crippen molar-refractivity contribution in [3.8, 4) is 0 Å². The van der Waals surface area contributed by atoms with Crippen molar-refractivity contribution in [2.45, 2.75) is 18.3 Å². The molecule has 28 heavy (non-hydrogen) atoms. The van der Waals surface area contributed by atoms with Crippen molar-refractivity contribution in [2.75, 3.05) is 25.5 Å². The van der Waals surface area contributed by atoms with E-state index in [1.54, 1.807) is 0 Å². The highest BCUT2D eigenvalue weighted by Crippen LogP contribution is 2.49. The topological polar surface area (TPSA) is 75.7 Å². The highest BCUT2D eigenvalue weighted by molar-refractivity contribution is 5.95. The third kappa shape index (κ3) is 4.54. The number of esters is 1. The lowest BCUT2D eigenvalue weighted by Gasteiger charge is -2.19. The lowest BCUT2D eigenvalue weighted by atomic mass is 9.96. The van der Waals surface area contributed by atoms with Crippen LogP contribution in [0.5, 0.6) is 0 Å². The zero-order valence-electron chi connectivity index (χ0n) is 15.5. The summed E-state index contributed by atoms with van der Waals surface area (Å²) < 4.78 is 18.1. The third-order valence-corrected chi connectivity index (χ3v) is 4.73. The molecule has 2 aromatic carbocycles. The van der Waals surface area contributed by atoms with E-state index < -0.39 is 35.6 Å². The zero-order valence-corrected chi connectivity index (χ0v) is 15.5. The Balaban J connectivity index is 1.47. The largest absolute Gasteiger partial charge is 0.455 e. The predicted molar refractivity (Wildman–Crippen MR) is 101 cm³/mol. The highest BCUT2D eigenvalue weighted by Gasteiger charge is 2.52. The molecular formula is C21H21FN2O4. The SMILES string of the molecule is CN(CC(=O)Nc1ccc(F)cc1)C(=O)COC(=O)C1(c2ccccc2)CC1. The van der Waals surface area contributed by atoms with E-state index in [9.17, 15) is 18.8 Å². The van der Waals surface area contributed by atoms with Gasteiger partial charge in [-0.05, 0) is 42.7 Å². The standard InChI is InChI=1S/C21H21FN2O4/c1-24(13-18(25)23-17-9-7-16(22)8-10-17)19(26)14-28-20(27)21(11-12-21)15-5-3-2-4-6-15/h2-10H,11-14H2,1H3,(H,23,25). The first-order valence-corrected chi connectivity index (χ1v) is 8.93. The van der Waals surface area contributed by atoms with Crippen LogP contribution in [0.3, 0.4) is 0 Å². The maximum Gasteiger partial charge on any atom is 0.317 e. The minimum absolute atomic E-state index is 0.211. The molecule has 0 spiro atoms. The number of carbonyl (C=O) groups is 3. The maximum atomic E-state index is 12.9. The van der Waals surface area contributed by atoms with Crippen LogP contribution in [0.15, 0.2) is 54.6 Å². The Hall–Kier alpha value is -3.22. The first-order chi connectivity index (χ1) is 13.4. The van der Waals surface area contributed by atoms with Gasteiger partial charge in [0, 0.05) is 12.7 Å². The van der Waals surface area contributed by atoms with Crippen LogP contribution in [0.2, 0.25) is 0 Å². The lowest BCUT2D eigenvalue weighted by molar-refractivity contribution is -0.154. The Bertz CT molecular complexity index is 864. The molecule has 1 aliphatic carbocycles. The molecule has 6 nitrogen and oxygen atoms in total. The number of halogens is 1. The Labute approximate surface area is 162 Å². The van der Waals surface area contributed by atoms with Gasteiger partial charge in [0.1, 0.15) is 5.82 Å². The Morgan fingerprint density at radius 3 is 2.32 bits per heavy atom. The minimum Gasteiger partial charge on any atom is -0.455 e. The molecule has 0 atom stereocenters. The average molecular weight is 384 g/mol. The molecule has 0 radical (unpaired) electrons. The Kier molecular flexibility index (Phi) is 5.73. The molecule has 1 saturated carbocycles. The second kappa shape index (κ2) is 8.21. The van der Waals surface area contributed by atoms with Crippen molar-refractivity contribution in [1.82, 2.24) is 4.90 Å². The molecule has 3 rings (SSSR count). The zero-order chi connectivity index (χ0) is 20.1. The smallest absolute Gasteiger partial charge is 0.317 e. The molecule has 0 saturated heterocycles. The molecule has 0 aromatic heterocycles. The van der Waals surface area contributed by atoms with Crippen LogP contribution < -0.4 is 5.32 Å². The number of hydrogen-bond acceptors (Lipinski definition) is 4. The summed E-state index contributed by atoms with van der Waals surface area (Å²) in [6, 6.07) is 14.7. The molecule has 1 fully saturated rings. The summed E-state index contributed by atoms with van der Waals surface area (Å²) in [5, 5.41) is 2.57. The minimum atomic E-state index is -0.653. The fraction of sp³-hybridized carbons (Fsp3) is 0.286. The number of rotatable bonds is 7. The molecule has 1 N–H and O–H groups in total. The van der Waals surface area contributed by atoms with Crippen LogP contribution in [-0.4, -0.2) is 42.9 Å². The number of hydrogen-bond donors (Lipinski definition) is 1. The lowest BCUT2D eigenvalue weighted by Crippen LogP contribution is -2.38. The van der Waals surface area contributed by atoms with Gasteiger partial charge in [-0.2, -0.15) is 0 Å². The highest BCUT2D eigenvalue weighted by atomic mass is 19.1. The number of benzene rings is 2. The quantitative estimate of drug-likeness (QED) is 0.745. The normalized spacial score (nSPS) is 14.1. The second-order valence-corrected chi connectivity index (χ2v) is 6.83. The van der Waals surface area contributed by atoms with Crippen molar-refractivity contribution < 1.29 is 23.5 Å². The van der Waals surface area contributed by atoms with Gasteiger partial charge in [0.25, 0.3) is 5.91 Å². The molecule has 0 aliphatic heterocycles. The summed E-state index contributed by atoms with van der Waals surface area (Å²) >= 11 is 0. The first kappa shape index (κ1) is 19.5. The second-order valence-electron chi connectivity index (χ2n) is 6.83. The molecule has 0 unspecified atom stereocenters. The van der Waals surface area contributed by atoms with Gasteiger partial charge in [-0.1, -0.05) is 30.3 Å². The van der Waals surface area contributed by atoms with Crippen LogP contribution in [0, 0.1) is 5.82 Å². The molecule has 2 aromatic rings. The van der Waals surface area contributed by atoms with Crippen molar-refractivity contribution in [3.63, 3.8) is 0 Å². The number of nitrogens with zero attached hydrogens (tertiary/aromatic N) is 1. The molecule has 1 aliphatic rings. The Morgan fingerprint density at radius 1 is 1.07 bits per heavy atom. The van der Waals surface area contributed by atoms with Crippen LogP contribution in [-0.2, 0) is 24.5 Å². The molecular weight excluding hydrogens is 363 g/mol. The molecule has 7 heteroatoms. The van der Waals surface area contributed by atoms with Gasteiger partial charge in [0.2, 0.25) is 5.91 Å². The van der Waals surface area contributed by atoms with E-state index in [1.807, 2.05) is 30.3 Å². The van der Waals surface area contributed by atoms with Gasteiger partial charge < -0.3 is 15.0 Å². The summed E-state index contributed by atoms with van der Waals surface area (Å²) in [6.45, 7) is -0.634. The summed E-state index contributed by atoms with van der Waals surface area (Å²) in [6.07, 6.45) is 1.39. The first-order valence-electron chi connectivity index (χ1n) is 8.93. The van der Waals surface area contributed by atoms with Gasteiger partial charge in [-0.15, -0.1) is 0 Å². The number of nitrogens with one attached hydrogen (secondary N) is 1. The van der Waals surface area contributed by atoms with Gasteiger partial charge in [0.15, 0.2) is 6.61 Å². The van der Waals surface area contributed by atoms with E-state index in [-0.39, 0.29) is 6.54 Å². The fourth-order valence-electron chi connectivity index (χ4n) is 2.91. The van der Waals surface area contributed by atoms with Crippen molar-refractivity contribution in [1.29, 1.82) is 0 Å². The third-order valence-electron chi connectivity index (χ3n) is 4.73. The summed E-state index contributed by atoms with van der Waals surface area (Å²) in [4.78, 5) is 37.8. The summed E-state index contributed by atoms with van der Waals surface area (Å²) in [7, 11) is 1.45. The van der Waals surface area contributed by atoms with E-state index in [4.69, 9.17) is 4.74 Å². The van der Waals surface area contributed by atoms with Crippen molar-refractivity contribution in [2.24, 2.45) is 0 Å². The van der Waals surface area contributed by atoms with Crippen LogP contribution in [0.4, 0.5) is 10.1 Å². The van der Waals surface area contributed by atoms with E-state index >= 15 is 0 Å². The van der Waals surface area contributed by atoms with E-state index in [0.717, 1.165) is 5.56 Å². The monoisotopic (exact) mass is 384 g/mol. The molecule has 2 amide bonds. The number of amides is 2. The van der Waals surface area contributed by atoms with Gasteiger partial charge in [0.05, 0.1) is 12.0 Å². The van der Waals surface area contributed by atoms with Gasteiger partial charge in [-0.25, -0.2) is 4.39 Å². The molecule has 146 valence electrons. The van der Waals surface area contributed by atoms with E-state index in [0.29, 0.717) is 18.5 Å². The number of ether oxygens (including phenoxy) is 1. The van der Waals surface area contributed by atoms with E-state index in [2.05, 4.69) is 5.32 Å². The molecule has 0 heterocycles. The number of anilines is 1. The summed E-state index contributed by atoms with van der Waals surface area (Å²) in [5.41, 5.74) is 0.664. The Morgan fingerprint density at radius 2 is 1.71 bits per heavy atom. The summed E-state index contributed by atoms with van der Waals surface area (Å²) in [5.74, 6) is -1.74. The average Bonchev–Trinajstić information content (AvgIpc) is 3.50. The van der Waals surface area contributed by atoms with Gasteiger partial charge in [-0.3, -0.25) is 14.4 Å². The fourth-order valence-corrected chi connectivity index (χ4v) is 2.91. The van der Waals surface area contributed by atoms with Gasteiger partial charge >= 0.3 is 5.97 Å². The van der Waals surface area contributed by atoms with Crippen molar-refractivity contribution >= 4 is 23.5 Å². The van der Waals surface area contributed by atoms with Crippen LogP contribution >= 0.6 is 0 Å².